The van der Waals surface area contributed by atoms with Crippen molar-refractivity contribution >= 4 is 0 Å². The summed E-state index contributed by atoms with van der Waals surface area (Å²) in [7, 11) is 0. The highest BCUT2D eigenvalue weighted by Crippen LogP contribution is 2.09. The molecule has 0 aliphatic rings. The van der Waals surface area contributed by atoms with Crippen molar-refractivity contribution in [2.24, 2.45) is 5.73 Å². The minimum Gasteiger partial charge on any atom is -0.403 e. The van der Waals surface area contributed by atoms with Crippen molar-refractivity contribution in [3.8, 4) is 0 Å². The van der Waals surface area contributed by atoms with Crippen LogP contribution in [0, 0.1) is 0 Å². The Hall–Kier alpha value is -0.740. The van der Waals surface area contributed by atoms with Gasteiger partial charge in [0.25, 0.3) is 0 Å². The van der Waals surface area contributed by atoms with Gasteiger partial charge in [-0.1, -0.05) is 73.1 Å². The van der Waals surface area contributed by atoms with E-state index < -0.39 is 0 Å². The second-order valence-corrected chi connectivity index (χ2v) is 8.18. The van der Waals surface area contributed by atoms with Crippen molar-refractivity contribution in [1.82, 2.24) is 10.6 Å². The minimum absolute atomic E-state index is 0.0748. The van der Waals surface area contributed by atoms with Crippen LogP contribution in [0.2, 0.25) is 0 Å². The van der Waals surface area contributed by atoms with Crippen molar-refractivity contribution in [2.75, 3.05) is 13.1 Å². The molecule has 0 amide bonds. The number of aliphatic hydroxyl groups is 1. The molecule has 0 aromatic heterocycles. The number of hydrogen-bond donors (Lipinski definition) is 4. The molecule has 0 saturated heterocycles. The molecular formula is C25H57N3O. The highest BCUT2D eigenvalue weighted by Gasteiger charge is 2.12. The van der Waals surface area contributed by atoms with E-state index in [1.807, 2.05) is 13.8 Å². The quantitative estimate of drug-likeness (QED) is 0.205. The number of nitrogens with one attached hydrogen (secondary N) is 2. The Morgan fingerprint density at radius 1 is 0.828 bits per heavy atom. The largest absolute Gasteiger partial charge is 0.403 e. The maximum absolute atomic E-state index is 9.53. The van der Waals surface area contributed by atoms with E-state index in [1.54, 1.807) is 6.20 Å². The summed E-state index contributed by atoms with van der Waals surface area (Å²) < 4.78 is 0. The van der Waals surface area contributed by atoms with Crippen LogP contribution in [0.4, 0.5) is 0 Å². The molecule has 0 spiro atoms. The van der Waals surface area contributed by atoms with E-state index in [2.05, 4.69) is 45.3 Å². The lowest BCUT2D eigenvalue weighted by Crippen LogP contribution is -2.39. The van der Waals surface area contributed by atoms with E-state index in [4.69, 9.17) is 5.73 Å². The van der Waals surface area contributed by atoms with E-state index in [0.29, 0.717) is 0 Å². The number of hydrogen-bond acceptors (Lipinski definition) is 4. The zero-order valence-electron chi connectivity index (χ0n) is 21.2. The van der Waals surface area contributed by atoms with E-state index in [0.717, 1.165) is 45.2 Å². The first-order valence-electron chi connectivity index (χ1n) is 12.5. The lowest BCUT2D eigenvalue weighted by Gasteiger charge is -2.24. The second-order valence-electron chi connectivity index (χ2n) is 8.18. The van der Waals surface area contributed by atoms with Gasteiger partial charge in [0, 0.05) is 24.5 Å². The molecule has 1 atom stereocenters. The van der Waals surface area contributed by atoms with Gasteiger partial charge in [0.2, 0.25) is 0 Å². The first-order valence-corrected chi connectivity index (χ1v) is 12.5. The van der Waals surface area contributed by atoms with E-state index in [1.165, 1.54) is 51.1 Å². The summed E-state index contributed by atoms with van der Waals surface area (Å²) in [5.74, 6) is 0. The Labute approximate surface area is 184 Å². The SMILES string of the molecule is CC.CCCC(O)CCCCNC(C)(C)CC.CCCCCCCCN/C=C\N. The van der Waals surface area contributed by atoms with Gasteiger partial charge in [0.15, 0.2) is 0 Å². The summed E-state index contributed by atoms with van der Waals surface area (Å²) in [5, 5.41) is 16.2. The molecule has 1 unspecified atom stereocenters. The molecule has 0 aliphatic carbocycles. The van der Waals surface area contributed by atoms with Crippen molar-refractivity contribution in [3.05, 3.63) is 12.4 Å². The lowest BCUT2D eigenvalue weighted by molar-refractivity contribution is 0.150. The number of aliphatic hydroxyl groups excluding tert-OH is 1. The van der Waals surface area contributed by atoms with Crippen LogP contribution in [0.15, 0.2) is 12.4 Å². The van der Waals surface area contributed by atoms with E-state index in [-0.39, 0.29) is 11.6 Å². The fourth-order valence-corrected chi connectivity index (χ4v) is 2.69. The highest BCUT2D eigenvalue weighted by atomic mass is 16.3. The standard InChI is InChI=1S/C13H29NO.C10H22N2.C2H6/c1-5-9-12(15)10-7-8-11-14-13(3,4)6-2;1-2-3-4-5-6-7-9-12-10-8-11;1-2/h12,14-15H,5-11H2,1-4H3;8,10,12H,2-7,9,11H2,1H3;1-2H3/b;10-8-;. The monoisotopic (exact) mass is 415 g/mol. The normalized spacial score (nSPS) is 12.0. The Kier molecular flexibility index (Phi) is 30.9. The van der Waals surface area contributed by atoms with Gasteiger partial charge < -0.3 is 21.5 Å². The maximum atomic E-state index is 9.53. The molecule has 4 nitrogen and oxygen atoms in total. The molecule has 0 aromatic rings. The topological polar surface area (TPSA) is 70.3 Å². The van der Waals surface area contributed by atoms with Gasteiger partial charge in [-0.3, -0.25) is 0 Å². The zero-order chi connectivity index (χ0) is 22.8. The van der Waals surface area contributed by atoms with Gasteiger partial charge in [-0.15, -0.1) is 0 Å². The third kappa shape index (κ3) is 32.1. The van der Waals surface area contributed by atoms with Crippen molar-refractivity contribution in [2.45, 2.75) is 137 Å². The Balaban J connectivity index is -0.000000438. The van der Waals surface area contributed by atoms with Crippen molar-refractivity contribution < 1.29 is 5.11 Å². The van der Waals surface area contributed by atoms with Crippen LogP contribution in [0.5, 0.6) is 0 Å². The predicted octanol–water partition coefficient (Wildman–Crippen LogP) is 6.49. The third-order valence-electron chi connectivity index (χ3n) is 4.96. The van der Waals surface area contributed by atoms with E-state index >= 15 is 0 Å². The molecule has 0 radical (unpaired) electrons. The van der Waals surface area contributed by atoms with Crippen molar-refractivity contribution in [1.29, 1.82) is 0 Å². The van der Waals surface area contributed by atoms with Gasteiger partial charge in [-0.05, 0) is 58.9 Å². The van der Waals surface area contributed by atoms with Crippen LogP contribution in [-0.2, 0) is 0 Å². The molecule has 0 fully saturated rings. The molecule has 29 heavy (non-hydrogen) atoms. The number of rotatable bonds is 17. The second kappa shape index (κ2) is 27.3. The zero-order valence-corrected chi connectivity index (χ0v) is 21.2. The molecule has 0 rings (SSSR count). The van der Waals surface area contributed by atoms with E-state index in [9.17, 15) is 5.11 Å². The fourth-order valence-electron chi connectivity index (χ4n) is 2.69. The summed E-state index contributed by atoms with van der Waals surface area (Å²) in [6, 6.07) is 0. The van der Waals surface area contributed by atoms with Crippen LogP contribution in [-0.4, -0.2) is 29.8 Å². The molecule has 0 bridgehead atoms. The van der Waals surface area contributed by atoms with Crippen molar-refractivity contribution in [3.63, 3.8) is 0 Å². The molecule has 0 aromatic carbocycles. The van der Waals surface area contributed by atoms with Crippen LogP contribution in [0.3, 0.4) is 0 Å². The first-order chi connectivity index (χ1) is 13.9. The molecule has 5 N–H and O–H groups in total. The Morgan fingerprint density at radius 2 is 1.41 bits per heavy atom. The Morgan fingerprint density at radius 3 is 1.97 bits per heavy atom. The number of nitrogens with two attached hydrogens (primary N) is 1. The smallest absolute Gasteiger partial charge is 0.0540 e. The molecular weight excluding hydrogens is 358 g/mol. The lowest BCUT2D eigenvalue weighted by atomic mass is 10.0. The molecule has 0 aliphatic heterocycles. The van der Waals surface area contributed by atoms with Crippen LogP contribution in [0.1, 0.15) is 126 Å². The summed E-state index contributed by atoms with van der Waals surface area (Å²) in [6.45, 7) is 17.2. The van der Waals surface area contributed by atoms with Crippen LogP contribution >= 0.6 is 0 Å². The van der Waals surface area contributed by atoms with Gasteiger partial charge in [0.05, 0.1) is 6.10 Å². The highest BCUT2D eigenvalue weighted by molar-refractivity contribution is 4.74. The van der Waals surface area contributed by atoms with Gasteiger partial charge in [-0.2, -0.15) is 0 Å². The fraction of sp³-hybridized carbons (Fsp3) is 0.920. The minimum atomic E-state index is -0.0748. The average molecular weight is 416 g/mol. The Bertz CT molecular complexity index is 306. The summed E-state index contributed by atoms with van der Waals surface area (Å²) in [5.41, 5.74) is 5.43. The summed E-state index contributed by atoms with van der Waals surface area (Å²) in [6.07, 6.45) is 17.8. The summed E-state index contributed by atoms with van der Waals surface area (Å²) in [4.78, 5) is 0. The molecule has 4 heteroatoms. The van der Waals surface area contributed by atoms with Gasteiger partial charge >= 0.3 is 0 Å². The average Bonchev–Trinajstić information content (AvgIpc) is 2.72. The third-order valence-corrected chi connectivity index (χ3v) is 4.96. The maximum Gasteiger partial charge on any atom is 0.0540 e. The summed E-state index contributed by atoms with van der Waals surface area (Å²) >= 11 is 0. The van der Waals surface area contributed by atoms with Gasteiger partial charge in [0.1, 0.15) is 0 Å². The molecule has 178 valence electrons. The van der Waals surface area contributed by atoms with Crippen LogP contribution in [0.25, 0.3) is 0 Å². The molecule has 0 heterocycles. The van der Waals surface area contributed by atoms with Crippen LogP contribution < -0.4 is 16.4 Å². The number of unbranched alkanes of at least 4 members (excludes halogenated alkanes) is 6. The first kappa shape index (κ1) is 32.9. The molecule has 0 saturated carbocycles. The predicted molar refractivity (Wildman–Crippen MR) is 133 cm³/mol. The van der Waals surface area contributed by atoms with Gasteiger partial charge in [-0.25, -0.2) is 0 Å².